The summed E-state index contributed by atoms with van der Waals surface area (Å²) < 4.78 is 36.2. The van der Waals surface area contributed by atoms with Crippen molar-refractivity contribution in [3.8, 4) is 0 Å². The molecule has 0 radical (unpaired) electrons. The average molecular weight is 220 g/mol. The largest absolute Gasteiger partial charge is 0.405 e. The molecule has 15 heavy (non-hydrogen) atoms. The van der Waals surface area contributed by atoms with Crippen molar-refractivity contribution in [1.82, 2.24) is 9.97 Å². The van der Waals surface area contributed by atoms with Crippen molar-refractivity contribution >= 4 is 5.82 Å². The maximum Gasteiger partial charge on any atom is 0.405 e. The highest BCUT2D eigenvalue weighted by Gasteiger charge is 2.29. The van der Waals surface area contributed by atoms with Crippen molar-refractivity contribution in [3.05, 3.63) is 18.1 Å². The highest BCUT2D eigenvalue weighted by atomic mass is 19.4. The van der Waals surface area contributed by atoms with E-state index in [0.717, 1.165) is 4.90 Å². The molecule has 0 aliphatic heterocycles. The van der Waals surface area contributed by atoms with E-state index in [9.17, 15) is 13.2 Å². The molecule has 1 aromatic heterocycles. The van der Waals surface area contributed by atoms with E-state index < -0.39 is 12.7 Å². The van der Waals surface area contributed by atoms with Gasteiger partial charge in [0.05, 0.1) is 11.9 Å². The molecule has 1 aromatic rings. The Hall–Kier alpha value is -1.37. The van der Waals surface area contributed by atoms with E-state index in [1.807, 2.05) is 0 Å². The molecule has 0 atom stereocenters. The van der Waals surface area contributed by atoms with Crippen molar-refractivity contribution in [3.63, 3.8) is 0 Å². The number of nitrogens with zero attached hydrogens (tertiary/aromatic N) is 3. The topological polar surface area (TPSA) is 55.0 Å². The normalized spacial score (nSPS) is 11.5. The van der Waals surface area contributed by atoms with Crippen LogP contribution in [0.4, 0.5) is 19.0 Å². The van der Waals surface area contributed by atoms with Crippen LogP contribution in [-0.4, -0.2) is 29.7 Å². The fraction of sp³-hybridized carbons (Fsp3) is 0.500. The summed E-state index contributed by atoms with van der Waals surface area (Å²) >= 11 is 0. The standard InChI is InChI=1S/C8H11F3N4/c1-15(5-8(9,10)11)7-4-13-3-6(2-12)14-7/h3-4H,2,5,12H2,1H3. The van der Waals surface area contributed by atoms with Crippen LogP contribution in [0.5, 0.6) is 0 Å². The highest BCUT2D eigenvalue weighted by Crippen LogP contribution is 2.18. The Bertz CT molecular complexity index is 326. The van der Waals surface area contributed by atoms with Gasteiger partial charge in [-0.1, -0.05) is 0 Å². The van der Waals surface area contributed by atoms with E-state index >= 15 is 0 Å². The third-order valence-corrected chi connectivity index (χ3v) is 1.69. The Kier molecular flexibility index (Phi) is 3.46. The summed E-state index contributed by atoms with van der Waals surface area (Å²) in [4.78, 5) is 8.65. The van der Waals surface area contributed by atoms with E-state index in [1.54, 1.807) is 0 Å². The van der Waals surface area contributed by atoms with Gasteiger partial charge in [-0.3, -0.25) is 4.98 Å². The first-order chi connectivity index (χ1) is 6.92. The summed E-state index contributed by atoms with van der Waals surface area (Å²) in [5, 5.41) is 0. The third kappa shape index (κ3) is 3.70. The summed E-state index contributed by atoms with van der Waals surface area (Å²) in [7, 11) is 1.30. The molecule has 0 unspecified atom stereocenters. The molecule has 84 valence electrons. The minimum Gasteiger partial charge on any atom is -0.349 e. The predicted molar refractivity (Wildman–Crippen MR) is 49.2 cm³/mol. The Morgan fingerprint density at radius 1 is 1.40 bits per heavy atom. The van der Waals surface area contributed by atoms with Crippen LogP contribution in [0.1, 0.15) is 5.69 Å². The van der Waals surface area contributed by atoms with Crippen LogP contribution in [0.25, 0.3) is 0 Å². The summed E-state index contributed by atoms with van der Waals surface area (Å²) in [5.74, 6) is 0.162. The van der Waals surface area contributed by atoms with E-state index in [2.05, 4.69) is 9.97 Å². The van der Waals surface area contributed by atoms with Gasteiger partial charge in [0, 0.05) is 19.8 Å². The van der Waals surface area contributed by atoms with Crippen LogP contribution in [0.3, 0.4) is 0 Å². The smallest absolute Gasteiger partial charge is 0.349 e. The fourth-order valence-electron chi connectivity index (χ4n) is 1.03. The number of hydrogen-bond donors (Lipinski definition) is 1. The molecule has 0 aliphatic carbocycles. The molecule has 0 saturated heterocycles. The molecule has 1 heterocycles. The van der Waals surface area contributed by atoms with Crippen LogP contribution in [0.15, 0.2) is 12.4 Å². The Morgan fingerprint density at radius 3 is 2.60 bits per heavy atom. The summed E-state index contributed by atoms with van der Waals surface area (Å²) in [6.07, 6.45) is -1.56. The zero-order valence-corrected chi connectivity index (χ0v) is 8.12. The molecule has 0 fully saturated rings. The zero-order chi connectivity index (χ0) is 11.5. The molecule has 0 aliphatic rings. The van der Waals surface area contributed by atoms with Crippen LogP contribution in [0.2, 0.25) is 0 Å². The molecular weight excluding hydrogens is 209 g/mol. The van der Waals surface area contributed by atoms with E-state index in [-0.39, 0.29) is 12.4 Å². The van der Waals surface area contributed by atoms with Crippen molar-refractivity contribution in [2.75, 3.05) is 18.5 Å². The molecule has 0 aromatic carbocycles. The maximum atomic E-state index is 12.1. The molecule has 4 nitrogen and oxygen atoms in total. The molecule has 1 rings (SSSR count). The minimum absolute atomic E-state index is 0.153. The number of aromatic nitrogens is 2. The second kappa shape index (κ2) is 4.43. The second-order valence-corrected chi connectivity index (χ2v) is 3.04. The van der Waals surface area contributed by atoms with Gasteiger partial charge in [-0.05, 0) is 0 Å². The van der Waals surface area contributed by atoms with Crippen LogP contribution < -0.4 is 10.6 Å². The van der Waals surface area contributed by atoms with Crippen LogP contribution in [-0.2, 0) is 6.54 Å². The highest BCUT2D eigenvalue weighted by molar-refractivity contribution is 5.35. The Morgan fingerprint density at radius 2 is 2.07 bits per heavy atom. The van der Waals surface area contributed by atoms with Crippen molar-refractivity contribution in [2.24, 2.45) is 5.73 Å². The van der Waals surface area contributed by atoms with Gasteiger partial charge in [-0.25, -0.2) is 4.98 Å². The molecule has 2 N–H and O–H groups in total. The summed E-state index contributed by atoms with van der Waals surface area (Å²) in [6, 6.07) is 0. The van der Waals surface area contributed by atoms with Gasteiger partial charge in [0.25, 0.3) is 0 Å². The first-order valence-corrected chi connectivity index (χ1v) is 4.21. The minimum atomic E-state index is -4.25. The number of alkyl halides is 3. The van der Waals surface area contributed by atoms with Gasteiger partial charge in [-0.15, -0.1) is 0 Å². The lowest BCUT2D eigenvalue weighted by Crippen LogP contribution is -2.31. The van der Waals surface area contributed by atoms with Gasteiger partial charge >= 0.3 is 6.18 Å². The van der Waals surface area contributed by atoms with Gasteiger partial charge < -0.3 is 10.6 Å². The first-order valence-electron chi connectivity index (χ1n) is 4.21. The number of hydrogen-bond acceptors (Lipinski definition) is 4. The van der Waals surface area contributed by atoms with Crippen LogP contribution in [0, 0.1) is 0 Å². The van der Waals surface area contributed by atoms with Crippen molar-refractivity contribution in [1.29, 1.82) is 0 Å². The Labute approximate surface area is 84.9 Å². The zero-order valence-electron chi connectivity index (χ0n) is 8.12. The molecule has 0 bridgehead atoms. The van der Waals surface area contributed by atoms with Crippen molar-refractivity contribution < 1.29 is 13.2 Å². The molecule has 0 amide bonds. The number of rotatable bonds is 3. The molecular formula is C8H11F3N4. The van der Waals surface area contributed by atoms with Crippen molar-refractivity contribution in [2.45, 2.75) is 12.7 Å². The van der Waals surface area contributed by atoms with Gasteiger partial charge in [0.15, 0.2) is 0 Å². The van der Waals surface area contributed by atoms with E-state index in [4.69, 9.17) is 5.73 Å². The quantitative estimate of drug-likeness (QED) is 0.823. The lowest BCUT2D eigenvalue weighted by atomic mass is 10.4. The van der Waals surface area contributed by atoms with Gasteiger partial charge in [-0.2, -0.15) is 13.2 Å². The lowest BCUT2D eigenvalue weighted by molar-refractivity contribution is -0.119. The summed E-state index contributed by atoms with van der Waals surface area (Å²) in [6.45, 7) is -0.906. The summed E-state index contributed by atoms with van der Waals surface area (Å²) in [5.41, 5.74) is 5.76. The maximum absolute atomic E-state index is 12.1. The Balaban J connectivity index is 2.77. The van der Waals surface area contributed by atoms with E-state index in [0.29, 0.717) is 5.69 Å². The third-order valence-electron chi connectivity index (χ3n) is 1.69. The van der Waals surface area contributed by atoms with Gasteiger partial charge in [0.2, 0.25) is 0 Å². The molecule has 0 saturated carbocycles. The van der Waals surface area contributed by atoms with Crippen LogP contribution >= 0.6 is 0 Å². The fourth-order valence-corrected chi connectivity index (χ4v) is 1.03. The molecule has 7 heteroatoms. The van der Waals surface area contributed by atoms with E-state index in [1.165, 1.54) is 19.4 Å². The number of halogens is 3. The monoisotopic (exact) mass is 220 g/mol. The average Bonchev–Trinajstić information content (AvgIpc) is 2.15. The predicted octanol–water partition coefficient (Wildman–Crippen LogP) is 0.934. The number of anilines is 1. The number of nitrogens with two attached hydrogens (primary N) is 1. The van der Waals surface area contributed by atoms with Gasteiger partial charge in [0.1, 0.15) is 12.4 Å². The molecule has 0 spiro atoms. The lowest BCUT2D eigenvalue weighted by Gasteiger charge is -2.19. The second-order valence-electron chi connectivity index (χ2n) is 3.04. The SMILES string of the molecule is CN(CC(F)(F)F)c1cncc(CN)n1. The first kappa shape index (κ1) is 11.7.